The minimum Gasteiger partial charge on any atom is -0.353 e. The summed E-state index contributed by atoms with van der Waals surface area (Å²) in [6.07, 6.45) is 3.74. The highest BCUT2D eigenvalue weighted by molar-refractivity contribution is 5.96. The molecule has 3 heteroatoms. The van der Waals surface area contributed by atoms with E-state index in [0.29, 0.717) is 0 Å². The van der Waals surface area contributed by atoms with Crippen LogP contribution in [0.15, 0.2) is 79.1 Å². The van der Waals surface area contributed by atoms with E-state index in [2.05, 4.69) is 75.6 Å². The standard InChI is InChI=1S/C21H15N3/c1-2-7-18-14(4-1)12-21(23-18)20-9-8-19(24-20)17-6-3-5-15-13-22-11-10-16(15)17/h1-13,23-24H. The number of nitrogens with one attached hydrogen (secondary N) is 2. The lowest BCUT2D eigenvalue weighted by atomic mass is 10.0. The molecule has 3 aromatic heterocycles. The van der Waals surface area contributed by atoms with Crippen LogP contribution < -0.4 is 0 Å². The fourth-order valence-electron chi connectivity index (χ4n) is 3.29. The van der Waals surface area contributed by atoms with Crippen LogP contribution in [0.1, 0.15) is 0 Å². The largest absolute Gasteiger partial charge is 0.353 e. The van der Waals surface area contributed by atoms with E-state index in [1.807, 2.05) is 18.5 Å². The van der Waals surface area contributed by atoms with Gasteiger partial charge in [0.15, 0.2) is 0 Å². The van der Waals surface area contributed by atoms with Crippen molar-refractivity contribution >= 4 is 21.7 Å². The first-order valence-electron chi connectivity index (χ1n) is 7.99. The van der Waals surface area contributed by atoms with Crippen LogP contribution in [0.3, 0.4) is 0 Å². The molecule has 5 aromatic rings. The van der Waals surface area contributed by atoms with Crippen molar-refractivity contribution in [2.75, 3.05) is 0 Å². The Balaban J connectivity index is 1.64. The monoisotopic (exact) mass is 309 g/mol. The molecule has 0 saturated heterocycles. The maximum absolute atomic E-state index is 4.21. The van der Waals surface area contributed by atoms with Gasteiger partial charge < -0.3 is 9.97 Å². The number of benzene rings is 2. The first-order chi connectivity index (χ1) is 11.9. The first-order valence-corrected chi connectivity index (χ1v) is 7.99. The molecule has 0 fully saturated rings. The van der Waals surface area contributed by atoms with E-state index in [-0.39, 0.29) is 0 Å². The lowest BCUT2D eigenvalue weighted by Gasteiger charge is -2.04. The molecule has 0 aliphatic rings. The normalized spacial score (nSPS) is 11.3. The number of H-pyrrole nitrogens is 2. The summed E-state index contributed by atoms with van der Waals surface area (Å²) in [6, 6.07) is 23.1. The van der Waals surface area contributed by atoms with Gasteiger partial charge in [-0.2, -0.15) is 0 Å². The van der Waals surface area contributed by atoms with Crippen molar-refractivity contribution < 1.29 is 0 Å². The van der Waals surface area contributed by atoms with Gasteiger partial charge in [-0.3, -0.25) is 4.98 Å². The Labute approximate surface area is 139 Å². The van der Waals surface area contributed by atoms with Crippen LogP contribution in [0.2, 0.25) is 0 Å². The summed E-state index contributed by atoms with van der Waals surface area (Å²) >= 11 is 0. The van der Waals surface area contributed by atoms with Crippen LogP contribution in [0.25, 0.3) is 44.3 Å². The third-order valence-corrected chi connectivity index (χ3v) is 4.48. The van der Waals surface area contributed by atoms with Crippen LogP contribution in [0.5, 0.6) is 0 Å². The van der Waals surface area contributed by atoms with Crippen LogP contribution in [-0.2, 0) is 0 Å². The highest BCUT2D eigenvalue weighted by Crippen LogP contribution is 2.30. The van der Waals surface area contributed by atoms with E-state index >= 15 is 0 Å². The molecule has 0 aliphatic heterocycles. The lowest BCUT2D eigenvalue weighted by Crippen LogP contribution is -1.83. The van der Waals surface area contributed by atoms with Crippen molar-refractivity contribution in [2.45, 2.75) is 0 Å². The van der Waals surface area contributed by atoms with Crippen molar-refractivity contribution in [3.63, 3.8) is 0 Å². The van der Waals surface area contributed by atoms with Crippen LogP contribution in [0, 0.1) is 0 Å². The number of rotatable bonds is 2. The molecule has 0 saturated carbocycles. The van der Waals surface area contributed by atoms with Crippen molar-refractivity contribution in [3.8, 4) is 22.6 Å². The maximum atomic E-state index is 4.21. The number of hydrogen-bond donors (Lipinski definition) is 2. The molecule has 0 aliphatic carbocycles. The molecule has 3 nitrogen and oxygen atoms in total. The van der Waals surface area contributed by atoms with Gasteiger partial charge >= 0.3 is 0 Å². The molecule has 2 aromatic carbocycles. The molecule has 3 heterocycles. The summed E-state index contributed by atoms with van der Waals surface area (Å²) in [4.78, 5) is 11.2. The molecule has 24 heavy (non-hydrogen) atoms. The minimum atomic E-state index is 1.09. The van der Waals surface area contributed by atoms with Crippen molar-refractivity contribution in [1.29, 1.82) is 0 Å². The average Bonchev–Trinajstić information content (AvgIpc) is 3.28. The van der Waals surface area contributed by atoms with Gasteiger partial charge in [0, 0.05) is 39.9 Å². The molecule has 0 unspecified atom stereocenters. The van der Waals surface area contributed by atoms with Gasteiger partial charge in [0.25, 0.3) is 0 Å². The van der Waals surface area contributed by atoms with Gasteiger partial charge in [-0.1, -0.05) is 36.4 Å². The number of pyridine rings is 1. The SMILES string of the molecule is c1ccc2[nH]c(-c3ccc(-c4cccc5cnccc45)[nH]3)cc2c1. The third-order valence-electron chi connectivity index (χ3n) is 4.48. The number of hydrogen-bond acceptors (Lipinski definition) is 1. The number of nitrogens with zero attached hydrogens (tertiary/aromatic N) is 1. The molecule has 5 rings (SSSR count). The molecular formula is C21H15N3. The lowest BCUT2D eigenvalue weighted by molar-refractivity contribution is 1.34. The van der Waals surface area contributed by atoms with Crippen LogP contribution >= 0.6 is 0 Å². The van der Waals surface area contributed by atoms with Crippen molar-refractivity contribution in [3.05, 3.63) is 79.1 Å². The Morgan fingerprint density at radius 2 is 1.54 bits per heavy atom. The summed E-state index contributed by atoms with van der Waals surface area (Å²) in [5.74, 6) is 0. The highest BCUT2D eigenvalue weighted by atomic mass is 14.8. The molecule has 114 valence electrons. The van der Waals surface area contributed by atoms with Crippen LogP contribution in [-0.4, -0.2) is 15.0 Å². The van der Waals surface area contributed by atoms with Crippen LogP contribution in [0.4, 0.5) is 0 Å². The Bertz CT molecular complexity index is 1130. The van der Waals surface area contributed by atoms with Gasteiger partial charge in [0.05, 0.1) is 11.4 Å². The zero-order valence-corrected chi connectivity index (χ0v) is 13.0. The fourth-order valence-corrected chi connectivity index (χ4v) is 3.29. The second-order valence-electron chi connectivity index (χ2n) is 5.96. The third kappa shape index (κ3) is 2.02. The molecule has 0 spiro atoms. The number of para-hydroxylation sites is 1. The summed E-state index contributed by atoms with van der Waals surface area (Å²) in [5, 5.41) is 3.58. The van der Waals surface area contributed by atoms with Crippen molar-refractivity contribution in [2.24, 2.45) is 0 Å². The molecule has 0 atom stereocenters. The summed E-state index contributed by atoms with van der Waals surface area (Å²) in [7, 11) is 0. The van der Waals surface area contributed by atoms with E-state index in [9.17, 15) is 0 Å². The summed E-state index contributed by atoms with van der Waals surface area (Å²) in [6.45, 7) is 0. The van der Waals surface area contributed by atoms with E-state index in [1.165, 1.54) is 16.3 Å². The Kier molecular flexibility index (Phi) is 2.79. The molecule has 0 radical (unpaired) electrons. The number of aromatic amines is 2. The predicted molar refractivity (Wildman–Crippen MR) is 98.8 cm³/mol. The predicted octanol–water partition coefficient (Wildman–Crippen LogP) is 5.38. The Morgan fingerprint density at radius 3 is 2.50 bits per heavy atom. The van der Waals surface area contributed by atoms with Gasteiger partial charge in [-0.15, -0.1) is 0 Å². The fraction of sp³-hybridized carbons (Fsp3) is 0. The Morgan fingerprint density at radius 1 is 0.667 bits per heavy atom. The number of aromatic nitrogens is 3. The Hall–Kier alpha value is -3.33. The topological polar surface area (TPSA) is 44.5 Å². The highest BCUT2D eigenvalue weighted by Gasteiger charge is 2.09. The molecule has 2 N–H and O–H groups in total. The van der Waals surface area contributed by atoms with Gasteiger partial charge in [-0.25, -0.2) is 0 Å². The zero-order valence-electron chi connectivity index (χ0n) is 13.0. The molecular weight excluding hydrogens is 294 g/mol. The number of fused-ring (bicyclic) bond motifs is 2. The second kappa shape index (κ2) is 5.10. The quantitative estimate of drug-likeness (QED) is 0.452. The van der Waals surface area contributed by atoms with Gasteiger partial charge in [0.2, 0.25) is 0 Å². The summed E-state index contributed by atoms with van der Waals surface area (Å²) < 4.78 is 0. The summed E-state index contributed by atoms with van der Waals surface area (Å²) in [5.41, 5.74) is 5.65. The molecule has 0 amide bonds. The van der Waals surface area contributed by atoms with E-state index in [1.54, 1.807) is 0 Å². The zero-order chi connectivity index (χ0) is 15.9. The second-order valence-corrected chi connectivity index (χ2v) is 5.96. The molecule has 0 bridgehead atoms. The van der Waals surface area contributed by atoms with Gasteiger partial charge in [0.1, 0.15) is 0 Å². The maximum Gasteiger partial charge on any atom is 0.0630 e. The smallest absolute Gasteiger partial charge is 0.0630 e. The van der Waals surface area contributed by atoms with E-state index in [0.717, 1.165) is 28.0 Å². The average molecular weight is 309 g/mol. The van der Waals surface area contributed by atoms with E-state index in [4.69, 9.17) is 0 Å². The van der Waals surface area contributed by atoms with Crippen molar-refractivity contribution in [1.82, 2.24) is 15.0 Å². The van der Waals surface area contributed by atoms with Gasteiger partial charge in [-0.05, 0) is 35.7 Å². The minimum absolute atomic E-state index is 1.09. The first kappa shape index (κ1) is 13.1. The van der Waals surface area contributed by atoms with E-state index < -0.39 is 0 Å².